The number of nitrogen functional groups attached to an aromatic ring is 1. The van der Waals surface area contributed by atoms with Crippen LogP contribution in [0.5, 0.6) is 0 Å². The van der Waals surface area contributed by atoms with E-state index in [0.717, 1.165) is 16.2 Å². The molecule has 3 rings (SSSR count). The molecule has 3 heterocycles. The number of anilines is 1. The minimum Gasteiger partial charge on any atom is -0.477 e. The third kappa shape index (κ3) is 3.89. The number of halogens is 3. The summed E-state index contributed by atoms with van der Waals surface area (Å²) in [6.07, 6.45) is -3.79. The van der Waals surface area contributed by atoms with Crippen molar-refractivity contribution in [2.75, 3.05) is 11.5 Å². The molecule has 2 aliphatic heterocycles. The van der Waals surface area contributed by atoms with Gasteiger partial charge >= 0.3 is 12.3 Å². The average molecular weight is 437 g/mol. The van der Waals surface area contributed by atoms with Crippen LogP contribution in [-0.2, 0) is 19.2 Å². The first-order valence-electron chi connectivity index (χ1n) is 7.32. The van der Waals surface area contributed by atoms with E-state index in [1.807, 2.05) is 0 Å². The van der Waals surface area contributed by atoms with Crippen LogP contribution in [-0.4, -0.2) is 62.0 Å². The molecule has 10 nitrogen and oxygen atoms in total. The molecule has 150 valence electrons. The molecule has 0 saturated carbocycles. The van der Waals surface area contributed by atoms with E-state index >= 15 is 0 Å². The Bertz CT molecular complexity index is 899. The highest BCUT2D eigenvalue weighted by atomic mass is 32.2. The number of thioether (sulfide) groups is 1. The van der Waals surface area contributed by atoms with Crippen molar-refractivity contribution in [3.05, 3.63) is 22.8 Å². The molecule has 1 aromatic heterocycles. The number of oxime groups is 1. The Balaban J connectivity index is 1.79. The van der Waals surface area contributed by atoms with Gasteiger partial charge in [-0.05, 0) is 6.08 Å². The van der Waals surface area contributed by atoms with Gasteiger partial charge < -0.3 is 16.2 Å². The minimum absolute atomic E-state index is 0.0209. The standard InChI is InChI=1S/C13H10F3N5O5S2/c14-13(15,16)26-20-6(4-3-28-12(17)18-4)8(22)19-7-9(23)21-5(11(24)25)1-2-27-10(7)21/h1,3,7,10H,2H2,(H2,17,18)(H,19,22)(H,24,25)/b20-6+/t7?,10-/m1/s1. The summed E-state index contributed by atoms with van der Waals surface area (Å²) in [6.45, 7) is 0. The van der Waals surface area contributed by atoms with Crippen molar-refractivity contribution in [1.82, 2.24) is 15.2 Å². The number of nitrogens with zero attached hydrogens (tertiary/aromatic N) is 3. The first-order chi connectivity index (χ1) is 13.1. The molecule has 0 radical (unpaired) electrons. The number of carbonyl (C=O) groups excluding carboxylic acids is 2. The number of rotatable bonds is 5. The summed E-state index contributed by atoms with van der Waals surface area (Å²) in [7, 11) is 0. The van der Waals surface area contributed by atoms with E-state index in [-0.39, 0.29) is 22.3 Å². The Morgan fingerprint density at radius 1 is 1.46 bits per heavy atom. The summed E-state index contributed by atoms with van der Waals surface area (Å²) < 4.78 is 36.9. The third-order valence-corrected chi connectivity index (χ3v) is 5.43. The van der Waals surface area contributed by atoms with Crippen LogP contribution in [0.15, 0.2) is 22.3 Å². The number of fused-ring (bicyclic) bond motifs is 1. The number of carbonyl (C=O) groups is 3. The van der Waals surface area contributed by atoms with E-state index < -0.39 is 41.3 Å². The van der Waals surface area contributed by atoms with Gasteiger partial charge in [0.2, 0.25) is 0 Å². The van der Waals surface area contributed by atoms with Gasteiger partial charge in [0.05, 0.1) is 0 Å². The van der Waals surface area contributed by atoms with Gasteiger partial charge in [-0.25, -0.2) is 9.78 Å². The van der Waals surface area contributed by atoms with Gasteiger partial charge in [-0.15, -0.1) is 36.3 Å². The highest BCUT2D eigenvalue weighted by Gasteiger charge is 2.53. The molecule has 1 fully saturated rings. The van der Waals surface area contributed by atoms with E-state index in [2.05, 4.69) is 20.3 Å². The van der Waals surface area contributed by atoms with Crippen molar-refractivity contribution >= 4 is 51.7 Å². The fraction of sp³-hybridized carbons (Fsp3) is 0.308. The molecule has 0 aliphatic carbocycles. The third-order valence-electron chi connectivity index (χ3n) is 3.57. The fourth-order valence-corrected chi connectivity index (χ4v) is 4.19. The molecule has 1 aromatic rings. The lowest BCUT2D eigenvalue weighted by Crippen LogP contribution is -2.70. The molecule has 0 spiro atoms. The predicted octanol–water partition coefficient (Wildman–Crippen LogP) is 0.334. The number of carboxylic acid groups (broad SMARTS) is 1. The number of nitrogens with one attached hydrogen (secondary N) is 1. The lowest BCUT2D eigenvalue weighted by Gasteiger charge is -2.48. The Morgan fingerprint density at radius 3 is 2.75 bits per heavy atom. The maximum absolute atomic E-state index is 12.4. The van der Waals surface area contributed by atoms with Crippen molar-refractivity contribution in [2.24, 2.45) is 5.16 Å². The summed E-state index contributed by atoms with van der Waals surface area (Å²) in [4.78, 5) is 43.9. The number of hydrogen-bond acceptors (Lipinski definition) is 9. The smallest absolute Gasteiger partial charge is 0.477 e. The van der Waals surface area contributed by atoms with Crippen molar-refractivity contribution in [3.8, 4) is 0 Å². The molecule has 1 unspecified atom stereocenters. The van der Waals surface area contributed by atoms with Gasteiger partial charge in [0.25, 0.3) is 11.8 Å². The molecule has 4 N–H and O–H groups in total. The number of thiazole rings is 1. The van der Waals surface area contributed by atoms with Crippen LogP contribution in [0, 0.1) is 0 Å². The molecule has 0 bridgehead atoms. The van der Waals surface area contributed by atoms with Gasteiger partial charge in [-0.2, -0.15) is 0 Å². The zero-order valence-electron chi connectivity index (χ0n) is 13.5. The molecule has 28 heavy (non-hydrogen) atoms. The summed E-state index contributed by atoms with van der Waals surface area (Å²) in [6, 6.07) is -1.15. The first kappa shape index (κ1) is 19.9. The zero-order chi connectivity index (χ0) is 20.6. The van der Waals surface area contributed by atoms with Crippen molar-refractivity contribution in [1.29, 1.82) is 0 Å². The monoisotopic (exact) mass is 437 g/mol. The van der Waals surface area contributed by atoms with Gasteiger partial charge in [-0.3, -0.25) is 19.3 Å². The van der Waals surface area contributed by atoms with E-state index in [0.29, 0.717) is 0 Å². The topological polar surface area (TPSA) is 147 Å². The van der Waals surface area contributed by atoms with Gasteiger partial charge in [0, 0.05) is 11.1 Å². The number of amides is 2. The largest absolute Gasteiger partial charge is 0.593 e. The summed E-state index contributed by atoms with van der Waals surface area (Å²) in [5.41, 5.74) is 4.10. The normalized spacial score (nSPS) is 22.1. The first-order valence-corrected chi connectivity index (χ1v) is 9.24. The number of carboxylic acids is 1. The number of aliphatic carboxylic acids is 1. The molecular weight excluding hydrogens is 427 g/mol. The SMILES string of the molecule is Nc1nc(/C(=N\OC(F)(F)F)C(=O)NC2C(=O)N3C(C(=O)O)=CCS[C@H]23)cs1. The highest BCUT2D eigenvalue weighted by molar-refractivity contribution is 8.00. The fourth-order valence-electron chi connectivity index (χ4n) is 2.45. The summed E-state index contributed by atoms with van der Waals surface area (Å²) >= 11 is 2.04. The quantitative estimate of drug-likeness (QED) is 0.339. The van der Waals surface area contributed by atoms with E-state index in [9.17, 15) is 27.6 Å². The molecule has 15 heteroatoms. The second-order valence-electron chi connectivity index (χ2n) is 5.33. The minimum atomic E-state index is -5.14. The lowest BCUT2D eigenvalue weighted by atomic mass is 10.0. The second kappa shape index (κ2) is 7.31. The van der Waals surface area contributed by atoms with Gasteiger partial charge in [0.1, 0.15) is 22.8 Å². The van der Waals surface area contributed by atoms with E-state index in [4.69, 9.17) is 10.8 Å². The number of nitrogens with two attached hydrogens (primary N) is 1. The number of hydrogen-bond donors (Lipinski definition) is 3. The summed E-state index contributed by atoms with van der Waals surface area (Å²) in [5, 5.41) is 14.6. The van der Waals surface area contributed by atoms with Crippen molar-refractivity contribution in [3.63, 3.8) is 0 Å². The van der Waals surface area contributed by atoms with Crippen molar-refractivity contribution < 1.29 is 37.5 Å². The van der Waals surface area contributed by atoms with Crippen LogP contribution in [0.4, 0.5) is 18.3 Å². The molecule has 2 amide bonds. The molecule has 2 aliphatic rings. The molecule has 0 aromatic carbocycles. The maximum atomic E-state index is 12.4. The Hall–Kier alpha value is -2.81. The number of alkyl halides is 3. The zero-order valence-corrected chi connectivity index (χ0v) is 15.1. The Kier molecular flexibility index (Phi) is 5.20. The number of aromatic nitrogens is 1. The van der Waals surface area contributed by atoms with E-state index in [1.165, 1.54) is 23.2 Å². The lowest BCUT2D eigenvalue weighted by molar-refractivity contribution is -0.325. The Morgan fingerprint density at radius 2 is 2.18 bits per heavy atom. The molecule has 1 saturated heterocycles. The van der Waals surface area contributed by atoms with Crippen LogP contribution in [0.3, 0.4) is 0 Å². The van der Waals surface area contributed by atoms with Gasteiger partial charge in [-0.1, -0.05) is 5.16 Å². The number of β-lactam (4-membered cyclic amide) rings is 1. The van der Waals surface area contributed by atoms with Gasteiger partial charge in [0.15, 0.2) is 10.8 Å². The summed E-state index contributed by atoms with van der Waals surface area (Å²) in [5.74, 6) is -2.89. The van der Waals surface area contributed by atoms with Crippen molar-refractivity contribution in [2.45, 2.75) is 17.8 Å². The van der Waals surface area contributed by atoms with E-state index in [1.54, 1.807) is 0 Å². The Labute approximate surface area is 162 Å². The maximum Gasteiger partial charge on any atom is 0.593 e. The van der Waals surface area contributed by atoms with Crippen LogP contribution in [0.25, 0.3) is 0 Å². The second-order valence-corrected chi connectivity index (χ2v) is 7.37. The van der Waals surface area contributed by atoms with Crippen LogP contribution >= 0.6 is 23.1 Å². The predicted molar refractivity (Wildman–Crippen MR) is 90.9 cm³/mol. The molecule has 2 atom stereocenters. The average Bonchev–Trinajstić information content (AvgIpc) is 3.03. The van der Waals surface area contributed by atoms with Crippen LogP contribution in [0.1, 0.15) is 5.69 Å². The van der Waals surface area contributed by atoms with Crippen LogP contribution in [0.2, 0.25) is 0 Å². The van der Waals surface area contributed by atoms with Crippen LogP contribution < -0.4 is 11.1 Å². The molecular formula is C13H10F3N5O5S2. The highest BCUT2D eigenvalue weighted by Crippen LogP contribution is 2.37.